The van der Waals surface area contributed by atoms with Gasteiger partial charge in [-0.25, -0.2) is 4.18 Å². The van der Waals surface area contributed by atoms with E-state index < -0.39 is 10.4 Å². The first-order valence-corrected chi connectivity index (χ1v) is 5.70. The molecular weight excluding hydrogens is 194 g/mol. The van der Waals surface area contributed by atoms with Gasteiger partial charge in [-0.15, -0.1) is 0 Å². The Balaban J connectivity index is 3.61. The van der Waals surface area contributed by atoms with Gasteiger partial charge in [-0.05, 0) is 19.5 Å². The van der Waals surface area contributed by atoms with Crippen molar-refractivity contribution in [2.75, 3.05) is 26.2 Å². The van der Waals surface area contributed by atoms with Gasteiger partial charge in [0.2, 0.25) is 0 Å². The van der Waals surface area contributed by atoms with E-state index in [2.05, 4.69) is 4.18 Å². The molecular formula is C7H17NO4S. The van der Waals surface area contributed by atoms with Crippen LogP contribution in [-0.2, 0) is 14.6 Å². The molecule has 0 saturated heterocycles. The predicted octanol–water partition coefficient (Wildman–Crippen LogP) is 0.538. The van der Waals surface area contributed by atoms with Gasteiger partial charge in [0.05, 0.1) is 6.61 Å². The van der Waals surface area contributed by atoms with Crippen molar-refractivity contribution >= 4 is 10.4 Å². The van der Waals surface area contributed by atoms with Crippen molar-refractivity contribution < 1.29 is 17.2 Å². The Kier molecular flexibility index (Phi) is 6.23. The molecule has 0 spiro atoms. The average molecular weight is 211 g/mol. The molecule has 0 bridgehead atoms. The highest BCUT2D eigenvalue weighted by Crippen LogP contribution is 1.92. The van der Waals surface area contributed by atoms with E-state index in [-0.39, 0.29) is 6.61 Å². The summed E-state index contributed by atoms with van der Waals surface area (Å²) in [4.78, 5) is 2.05. The Hall–Kier alpha value is -0.170. The lowest BCUT2D eigenvalue weighted by Crippen LogP contribution is -2.28. The van der Waals surface area contributed by atoms with E-state index >= 15 is 0 Å². The number of hydrogen-bond donors (Lipinski definition) is 1. The summed E-state index contributed by atoms with van der Waals surface area (Å²) in [5.74, 6) is 0. The molecule has 0 heterocycles. The predicted molar refractivity (Wildman–Crippen MR) is 49.9 cm³/mol. The summed E-state index contributed by atoms with van der Waals surface area (Å²) in [7, 11) is -4.27. The fourth-order valence-electron chi connectivity index (χ4n) is 1.02. The number of nitrogens with zero attached hydrogens (tertiary/aromatic N) is 1. The normalized spacial score (nSPS) is 12.3. The van der Waals surface area contributed by atoms with Crippen LogP contribution in [0.4, 0.5) is 0 Å². The molecule has 5 nitrogen and oxygen atoms in total. The molecule has 13 heavy (non-hydrogen) atoms. The minimum atomic E-state index is -4.27. The van der Waals surface area contributed by atoms with Crippen LogP contribution >= 0.6 is 0 Å². The van der Waals surface area contributed by atoms with Gasteiger partial charge in [0.1, 0.15) is 0 Å². The fourth-order valence-corrected chi connectivity index (χ4v) is 1.30. The molecule has 0 amide bonds. The van der Waals surface area contributed by atoms with Crippen molar-refractivity contribution in [3.8, 4) is 0 Å². The Morgan fingerprint density at radius 2 is 1.92 bits per heavy atom. The van der Waals surface area contributed by atoms with E-state index in [1.165, 1.54) is 0 Å². The first-order valence-electron chi connectivity index (χ1n) is 4.33. The monoisotopic (exact) mass is 211 g/mol. The largest absolute Gasteiger partial charge is 0.397 e. The van der Waals surface area contributed by atoms with E-state index in [0.29, 0.717) is 6.54 Å². The third-order valence-corrected chi connectivity index (χ3v) is 2.09. The second-order valence-electron chi connectivity index (χ2n) is 2.68. The summed E-state index contributed by atoms with van der Waals surface area (Å²) < 4.78 is 32.8. The number of hydrogen-bond acceptors (Lipinski definition) is 4. The van der Waals surface area contributed by atoms with Crippen LogP contribution in [0.25, 0.3) is 0 Å². The van der Waals surface area contributed by atoms with Crippen molar-refractivity contribution in [3.63, 3.8) is 0 Å². The third-order valence-electron chi connectivity index (χ3n) is 1.63. The molecule has 0 aliphatic heterocycles. The molecule has 1 N–H and O–H groups in total. The van der Waals surface area contributed by atoms with Gasteiger partial charge in [0.25, 0.3) is 0 Å². The minimum Gasteiger partial charge on any atom is -0.301 e. The summed E-state index contributed by atoms with van der Waals surface area (Å²) in [6.07, 6.45) is 1.01. The van der Waals surface area contributed by atoms with E-state index in [9.17, 15) is 8.42 Å². The van der Waals surface area contributed by atoms with Crippen LogP contribution in [0.2, 0.25) is 0 Å². The number of likely N-dealkylation sites (N-methyl/N-ethyl adjacent to an activating group) is 1. The highest BCUT2D eigenvalue weighted by atomic mass is 32.3. The lowest BCUT2D eigenvalue weighted by molar-refractivity contribution is 0.202. The maximum atomic E-state index is 10.2. The van der Waals surface area contributed by atoms with Gasteiger partial charge in [-0.1, -0.05) is 13.8 Å². The maximum Gasteiger partial charge on any atom is 0.397 e. The first-order chi connectivity index (χ1) is 5.99. The highest BCUT2D eigenvalue weighted by Gasteiger charge is 2.06. The molecule has 0 aromatic heterocycles. The van der Waals surface area contributed by atoms with Gasteiger partial charge >= 0.3 is 10.4 Å². The Morgan fingerprint density at radius 1 is 1.31 bits per heavy atom. The number of rotatable bonds is 7. The summed E-state index contributed by atoms with van der Waals surface area (Å²) in [5.41, 5.74) is 0. The zero-order valence-electron chi connectivity index (χ0n) is 8.06. The van der Waals surface area contributed by atoms with Crippen LogP contribution in [0.15, 0.2) is 0 Å². The van der Waals surface area contributed by atoms with Gasteiger partial charge in [0, 0.05) is 6.54 Å². The van der Waals surface area contributed by atoms with Crippen molar-refractivity contribution in [1.29, 1.82) is 0 Å². The molecule has 0 aromatic carbocycles. The van der Waals surface area contributed by atoms with E-state index in [1.807, 2.05) is 18.7 Å². The fraction of sp³-hybridized carbons (Fsp3) is 1.00. The molecule has 0 atom stereocenters. The van der Waals surface area contributed by atoms with Crippen molar-refractivity contribution in [2.24, 2.45) is 0 Å². The van der Waals surface area contributed by atoms with Crippen LogP contribution in [0.3, 0.4) is 0 Å². The molecule has 0 saturated carbocycles. The van der Waals surface area contributed by atoms with Crippen LogP contribution in [-0.4, -0.2) is 44.1 Å². The molecule has 0 fully saturated rings. The molecule has 0 unspecified atom stereocenters. The Bertz CT molecular complexity index is 215. The van der Waals surface area contributed by atoms with Crippen LogP contribution in [0.5, 0.6) is 0 Å². The molecule has 0 aliphatic rings. The van der Waals surface area contributed by atoms with Gasteiger partial charge < -0.3 is 4.90 Å². The lowest BCUT2D eigenvalue weighted by Gasteiger charge is -2.18. The average Bonchev–Trinajstić information content (AvgIpc) is 2.01. The third kappa shape index (κ3) is 8.17. The quantitative estimate of drug-likeness (QED) is 0.622. The van der Waals surface area contributed by atoms with Crippen LogP contribution in [0, 0.1) is 0 Å². The summed E-state index contributed by atoms with van der Waals surface area (Å²) >= 11 is 0. The molecule has 0 aromatic rings. The second kappa shape index (κ2) is 6.31. The van der Waals surface area contributed by atoms with Gasteiger partial charge in [-0.2, -0.15) is 8.42 Å². The smallest absolute Gasteiger partial charge is 0.301 e. The first kappa shape index (κ1) is 12.8. The van der Waals surface area contributed by atoms with Crippen LogP contribution < -0.4 is 0 Å². The SMILES string of the molecule is CCCN(CC)CCOS(=O)(=O)O. The van der Waals surface area contributed by atoms with Crippen molar-refractivity contribution in [1.82, 2.24) is 4.90 Å². The van der Waals surface area contributed by atoms with Crippen LogP contribution in [0.1, 0.15) is 20.3 Å². The van der Waals surface area contributed by atoms with E-state index in [1.54, 1.807) is 0 Å². The highest BCUT2D eigenvalue weighted by molar-refractivity contribution is 7.80. The molecule has 0 aliphatic carbocycles. The maximum absolute atomic E-state index is 10.2. The Labute approximate surface area is 79.6 Å². The van der Waals surface area contributed by atoms with Gasteiger partial charge in [0.15, 0.2) is 0 Å². The standard InChI is InChI=1S/C7H17NO4S/c1-3-5-8(4-2)6-7-12-13(9,10)11/h3-7H2,1-2H3,(H,9,10,11). The molecule has 6 heteroatoms. The summed E-state index contributed by atoms with van der Waals surface area (Å²) in [5, 5.41) is 0. The minimum absolute atomic E-state index is 0.00662. The summed E-state index contributed by atoms with van der Waals surface area (Å²) in [6, 6.07) is 0. The van der Waals surface area contributed by atoms with Gasteiger partial charge in [-0.3, -0.25) is 4.55 Å². The Morgan fingerprint density at radius 3 is 2.31 bits per heavy atom. The summed E-state index contributed by atoms with van der Waals surface area (Å²) in [6.45, 7) is 6.32. The van der Waals surface area contributed by atoms with E-state index in [4.69, 9.17) is 4.55 Å². The zero-order chi connectivity index (χ0) is 10.3. The van der Waals surface area contributed by atoms with E-state index in [0.717, 1.165) is 19.5 Å². The van der Waals surface area contributed by atoms with Crippen molar-refractivity contribution in [3.05, 3.63) is 0 Å². The lowest BCUT2D eigenvalue weighted by atomic mass is 10.4. The molecule has 0 rings (SSSR count). The zero-order valence-corrected chi connectivity index (χ0v) is 8.88. The topological polar surface area (TPSA) is 66.8 Å². The molecule has 80 valence electrons. The second-order valence-corrected chi connectivity index (χ2v) is 3.78. The van der Waals surface area contributed by atoms with Crippen molar-refractivity contribution in [2.45, 2.75) is 20.3 Å². The molecule has 0 radical (unpaired) electrons.